The number of benzene rings is 1. The van der Waals surface area contributed by atoms with Gasteiger partial charge in [0.05, 0.1) is 5.70 Å². The first-order valence-corrected chi connectivity index (χ1v) is 7.88. The number of piperidine rings is 1. The minimum atomic E-state index is 0.861. The smallest absolute Gasteiger partial charge is 0.121 e. The van der Waals surface area contributed by atoms with Crippen LogP contribution in [0, 0.1) is 5.92 Å². The Morgan fingerprint density at radius 1 is 1.10 bits per heavy atom. The lowest BCUT2D eigenvalue weighted by molar-refractivity contribution is 0.196. The molecule has 1 saturated heterocycles. The van der Waals surface area contributed by atoms with Crippen molar-refractivity contribution in [2.75, 3.05) is 20.1 Å². The monoisotopic (exact) mass is 283 g/mol. The van der Waals surface area contributed by atoms with Crippen molar-refractivity contribution in [3.05, 3.63) is 53.4 Å². The second-order valence-corrected chi connectivity index (χ2v) is 6.27. The van der Waals surface area contributed by atoms with Crippen molar-refractivity contribution < 1.29 is 0 Å². The first-order chi connectivity index (χ1) is 10.1. The number of hydrogen-bond acceptors (Lipinski definition) is 3. The van der Waals surface area contributed by atoms with E-state index in [9.17, 15) is 0 Å². The van der Waals surface area contributed by atoms with Gasteiger partial charge in [0.15, 0.2) is 0 Å². The van der Waals surface area contributed by atoms with E-state index >= 15 is 0 Å². The molecule has 2 aliphatic heterocycles. The number of allylic oxidation sites excluding steroid dienone is 2. The third kappa shape index (κ3) is 2.92. The second kappa shape index (κ2) is 5.84. The molecule has 2 aliphatic rings. The van der Waals surface area contributed by atoms with Gasteiger partial charge in [-0.2, -0.15) is 0 Å². The topological polar surface area (TPSA) is 18.5 Å². The van der Waals surface area contributed by atoms with Crippen LogP contribution >= 0.6 is 0 Å². The van der Waals surface area contributed by atoms with Gasteiger partial charge in [-0.3, -0.25) is 10.4 Å². The Bertz CT molecular complexity index is 551. The summed E-state index contributed by atoms with van der Waals surface area (Å²) in [6, 6.07) is 10.6. The Hall–Kier alpha value is -1.90. The SMILES string of the molecule is CC1=C(c2ccccc2)N(C)NC(N2CCC(C)CC2)=C1. The average Bonchev–Trinajstić information content (AvgIpc) is 2.48. The largest absolute Gasteiger partial charge is 0.357 e. The fourth-order valence-electron chi connectivity index (χ4n) is 3.23. The van der Waals surface area contributed by atoms with Gasteiger partial charge >= 0.3 is 0 Å². The molecule has 1 N–H and O–H groups in total. The molecule has 3 rings (SSSR count). The average molecular weight is 283 g/mol. The predicted molar refractivity (Wildman–Crippen MR) is 88.0 cm³/mol. The molecule has 2 heterocycles. The zero-order chi connectivity index (χ0) is 14.8. The van der Waals surface area contributed by atoms with E-state index < -0.39 is 0 Å². The quantitative estimate of drug-likeness (QED) is 0.897. The number of nitrogens with one attached hydrogen (secondary N) is 1. The van der Waals surface area contributed by atoms with Crippen LogP contribution < -0.4 is 5.43 Å². The van der Waals surface area contributed by atoms with Crippen molar-refractivity contribution >= 4 is 5.70 Å². The second-order valence-electron chi connectivity index (χ2n) is 6.27. The van der Waals surface area contributed by atoms with Gasteiger partial charge in [-0.25, -0.2) is 0 Å². The van der Waals surface area contributed by atoms with Crippen LogP contribution in [0.15, 0.2) is 47.8 Å². The first kappa shape index (κ1) is 14.1. The van der Waals surface area contributed by atoms with Crippen molar-refractivity contribution in [1.82, 2.24) is 15.3 Å². The molecule has 0 atom stereocenters. The summed E-state index contributed by atoms with van der Waals surface area (Å²) in [5, 5.41) is 2.15. The molecule has 0 amide bonds. The highest BCUT2D eigenvalue weighted by molar-refractivity contribution is 5.70. The molecule has 3 heteroatoms. The van der Waals surface area contributed by atoms with Crippen molar-refractivity contribution in [1.29, 1.82) is 0 Å². The molecule has 0 saturated carbocycles. The number of rotatable bonds is 2. The van der Waals surface area contributed by atoms with Crippen molar-refractivity contribution in [2.45, 2.75) is 26.7 Å². The van der Waals surface area contributed by atoms with E-state index in [1.165, 1.54) is 35.5 Å². The van der Waals surface area contributed by atoms with Gasteiger partial charge in [0, 0.05) is 20.1 Å². The molecule has 3 nitrogen and oxygen atoms in total. The van der Waals surface area contributed by atoms with Crippen LogP contribution in [-0.4, -0.2) is 30.0 Å². The number of nitrogens with zero attached hydrogens (tertiary/aromatic N) is 2. The lowest BCUT2D eigenvalue weighted by atomic mass is 9.99. The van der Waals surface area contributed by atoms with Gasteiger partial charge < -0.3 is 4.90 Å². The summed E-state index contributed by atoms with van der Waals surface area (Å²) in [6.07, 6.45) is 4.87. The Kier molecular flexibility index (Phi) is 3.91. The third-order valence-electron chi connectivity index (χ3n) is 4.52. The minimum absolute atomic E-state index is 0.861. The van der Waals surface area contributed by atoms with E-state index in [0.717, 1.165) is 19.0 Å². The molecule has 0 bridgehead atoms. The van der Waals surface area contributed by atoms with Crippen LogP contribution in [-0.2, 0) is 0 Å². The van der Waals surface area contributed by atoms with Crippen LogP contribution in [0.5, 0.6) is 0 Å². The molecule has 1 aromatic rings. The van der Waals surface area contributed by atoms with Crippen molar-refractivity contribution in [3.8, 4) is 0 Å². The summed E-state index contributed by atoms with van der Waals surface area (Å²) in [5.41, 5.74) is 7.37. The standard InChI is InChI=1S/C18H25N3/c1-14-9-11-21(12-10-14)17-13-15(2)18(20(3)19-17)16-7-5-4-6-8-16/h4-8,13-14,19H,9-12H2,1-3H3. The van der Waals surface area contributed by atoms with Crippen LogP contribution in [0.25, 0.3) is 5.70 Å². The van der Waals surface area contributed by atoms with E-state index in [1.807, 2.05) is 0 Å². The normalized spacial score (nSPS) is 20.4. The van der Waals surface area contributed by atoms with E-state index in [0.29, 0.717) is 0 Å². The maximum atomic E-state index is 3.54. The molecule has 1 fully saturated rings. The predicted octanol–water partition coefficient (Wildman–Crippen LogP) is 3.44. The fourth-order valence-corrected chi connectivity index (χ4v) is 3.23. The van der Waals surface area contributed by atoms with Crippen LogP contribution in [0.3, 0.4) is 0 Å². The van der Waals surface area contributed by atoms with E-state index in [4.69, 9.17) is 0 Å². The Labute approximate surface area is 127 Å². The Morgan fingerprint density at radius 2 is 1.76 bits per heavy atom. The molecule has 0 unspecified atom stereocenters. The zero-order valence-corrected chi connectivity index (χ0v) is 13.3. The van der Waals surface area contributed by atoms with E-state index in [1.54, 1.807) is 0 Å². The van der Waals surface area contributed by atoms with Crippen molar-refractivity contribution in [2.24, 2.45) is 5.92 Å². The van der Waals surface area contributed by atoms with Crippen LogP contribution in [0.4, 0.5) is 0 Å². The maximum Gasteiger partial charge on any atom is 0.121 e. The summed E-state index contributed by atoms with van der Waals surface area (Å²) in [4.78, 5) is 2.47. The molecular weight excluding hydrogens is 258 g/mol. The summed E-state index contributed by atoms with van der Waals surface area (Å²) in [7, 11) is 2.10. The number of hydrogen-bond donors (Lipinski definition) is 1. The molecular formula is C18H25N3. The number of hydrazine groups is 1. The lowest BCUT2D eigenvalue weighted by Crippen LogP contribution is -2.45. The summed E-state index contributed by atoms with van der Waals surface area (Å²) in [5.74, 6) is 2.10. The zero-order valence-electron chi connectivity index (χ0n) is 13.3. The molecule has 0 aliphatic carbocycles. The van der Waals surface area contributed by atoms with E-state index in [-0.39, 0.29) is 0 Å². The molecule has 112 valence electrons. The molecule has 0 radical (unpaired) electrons. The minimum Gasteiger partial charge on any atom is -0.357 e. The van der Waals surface area contributed by atoms with E-state index in [2.05, 4.69) is 72.6 Å². The molecule has 21 heavy (non-hydrogen) atoms. The molecule has 0 spiro atoms. The third-order valence-corrected chi connectivity index (χ3v) is 4.52. The van der Waals surface area contributed by atoms with Gasteiger partial charge in [-0.1, -0.05) is 37.3 Å². The molecule has 1 aromatic carbocycles. The fraction of sp³-hybridized carbons (Fsp3) is 0.444. The van der Waals surface area contributed by atoms with Gasteiger partial charge in [-0.05, 0) is 42.9 Å². The highest BCUT2D eigenvalue weighted by Crippen LogP contribution is 2.28. The van der Waals surface area contributed by atoms with Crippen LogP contribution in [0.1, 0.15) is 32.3 Å². The lowest BCUT2D eigenvalue weighted by Gasteiger charge is -2.39. The van der Waals surface area contributed by atoms with Gasteiger partial charge in [-0.15, -0.1) is 0 Å². The van der Waals surface area contributed by atoms with Crippen LogP contribution in [0.2, 0.25) is 0 Å². The number of likely N-dealkylation sites (tertiary alicyclic amines) is 1. The van der Waals surface area contributed by atoms with Gasteiger partial charge in [0.2, 0.25) is 0 Å². The van der Waals surface area contributed by atoms with Gasteiger partial charge in [0.25, 0.3) is 0 Å². The highest BCUT2D eigenvalue weighted by Gasteiger charge is 2.23. The summed E-state index contributed by atoms with van der Waals surface area (Å²) >= 11 is 0. The summed E-state index contributed by atoms with van der Waals surface area (Å²) in [6.45, 7) is 6.86. The Morgan fingerprint density at radius 3 is 2.38 bits per heavy atom. The van der Waals surface area contributed by atoms with Gasteiger partial charge in [0.1, 0.15) is 5.82 Å². The highest BCUT2D eigenvalue weighted by atomic mass is 15.5. The summed E-state index contributed by atoms with van der Waals surface area (Å²) < 4.78 is 0. The first-order valence-electron chi connectivity index (χ1n) is 7.88. The Balaban J connectivity index is 1.85. The molecule has 0 aromatic heterocycles. The van der Waals surface area contributed by atoms with Crippen molar-refractivity contribution in [3.63, 3.8) is 0 Å². The maximum absolute atomic E-state index is 3.54.